The fourth-order valence-corrected chi connectivity index (χ4v) is 4.62. The predicted molar refractivity (Wildman–Crippen MR) is 100 cm³/mol. The molecule has 5 heteroatoms. The van der Waals surface area contributed by atoms with E-state index in [9.17, 15) is 9.90 Å². The summed E-state index contributed by atoms with van der Waals surface area (Å²) < 4.78 is 5.41. The molecule has 1 saturated heterocycles. The highest BCUT2D eigenvalue weighted by molar-refractivity contribution is 7.12. The van der Waals surface area contributed by atoms with Gasteiger partial charge in [-0.05, 0) is 62.2 Å². The minimum atomic E-state index is -0.665. The van der Waals surface area contributed by atoms with E-state index in [0.717, 1.165) is 25.3 Å². The van der Waals surface area contributed by atoms with Gasteiger partial charge in [0.25, 0.3) is 0 Å². The van der Waals surface area contributed by atoms with Crippen molar-refractivity contribution in [2.75, 3.05) is 20.2 Å². The predicted octanol–water partition coefficient (Wildman–Crippen LogP) is 4.21. The molecule has 2 heterocycles. The minimum absolute atomic E-state index is 0.162. The summed E-state index contributed by atoms with van der Waals surface area (Å²) in [6.07, 6.45) is 2.46. The fraction of sp³-hybridized carbons (Fsp3) is 0.450. The van der Waals surface area contributed by atoms with E-state index in [1.807, 2.05) is 23.5 Å². The van der Waals surface area contributed by atoms with E-state index in [1.54, 1.807) is 7.11 Å². The Morgan fingerprint density at radius 3 is 2.68 bits per heavy atom. The van der Waals surface area contributed by atoms with Gasteiger partial charge >= 0.3 is 5.97 Å². The van der Waals surface area contributed by atoms with Gasteiger partial charge < -0.3 is 9.84 Å². The van der Waals surface area contributed by atoms with Gasteiger partial charge in [0.2, 0.25) is 0 Å². The summed E-state index contributed by atoms with van der Waals surface area (Å²) in [5.41, 5.74) is 1.21. The number of benzene rings is 1. The highest BCUT2D eigenvalue weighted by atomic mass is 32.1. The van der Waals surface area contributed by atoms with Crippen molar-refractivity contribution >= 4 is 17.3 Å². The van der Waals surface area contributed by atoms with Crippen LogP contribution in [0.1, 0.15) is 41.1 Å². The third-order valence-corrected chi connectivity index (χ3v) is 6.24. The van der Waals surface area contributed by atoms with E-state index in [4.69, 9.17) is 4.74 Å². The first-order valence-corrected chi connectivity index (χ1v) is 9.63. The number of carboxylic acids is 1. The number of methoxy groups -OCH3 is 1. The summed E-state index contributed by atoms with van der Waals surface area (Å²) in [5, 5.41) is 9.27. The van der Waals surface area contributed by atoms with Gasteiger partial charge in [-0.25, -0.2) is 0 Å². The van der Waals surface area contributed by atoms with Gasteiger partial charge in [0.1, 0.15) is 5.75 Å². The number of aliphatic carboxylic acids is 1. The van der Waals surface area contributed by atoms with Crippen LogP contribution in [0.2, 0.25) is 0 Å². The molecule has 0 bridgehead atoms. The van der Waals surface area contributed by atoms with E-state index in [1.165, 1.54) is 15.3 Å². The lowest BCUT2D eigenvalue weighted by Gasteiger charge is -2.36. The Morgan fingerprint density at radius 2 is 2.08 bits per heavy atom. The number of rotatable bonds is 6. The van der Waals surface area contributed by atoms with E-state index >= 15 is 0 Å². The number of piperidine rings is 1. The van der Waals surface area contributed by atoms with Crippen LogP contribution >= 0.6 is 11.3 Å². The lowest BCUT2D eigenvalue weighted by atomic mass is 9.93. The maximum atomic E-state index is 11.3. The normalized spacial score (nSPS) is 17.4. The van der Waals surface area contributed by atoms with Crippen molar-refractivity contribution in [2.45, 2.75) is 32.2 Å². The van der Waals surface area contributed by atoms with Crippen LogP contribution in [0.3, 0.4) is 0 Å². The van der Waals surface area contributed by atoms with Crippen LogP contribution in [0.15, 0.2) is 36.4 Å². The second kappa shape index (κ2) is 8.02. The molecule has 1 atom stereocenters. The van der Waals surface area contributed by atoms with Gasteiger partial charge in [0.05, 0.1) is 19.1 Å². The molecule has 134 valence electrons. The average Bonchev–Trinajstić information content (AvgIpc) is 3.11. The highest BCUT2D eigenvalue weighted by Crippen LogP contribution is 2.37. The molecule has 0 radical (unpaired) electrons. The Kier molecular flexibility index (Phi) is 5.76. The maximum absolute atomic E-state index is 11.3. The van der Waals surface area contributed by atoms with Gasteiger partial charge in [0.15, 0.2) is 0 Å². The SMILES string of the molecule is CCc1ccc(C(c2cccc(OC)c2)N2CCC(C(=O)O)CC2)s1. The molecule has 0 amide bonds. The van der Waals surface area contributed by atoms with Crippen molar-refractivity contribution < 1.29 is 14.6 Å². The minimum Gasteiger partial charge on any atom is -0.497 e. The Hall–Kier alpha value is -1.85. The molecule has 0 saturated carbocycles. The zero-order valence-electron chi connectivity index (χ0n) is 14.8. The number of aryl methyl sites for hydroxylation is 1. The molecule has 1 aliphatic rings. The Balaban J connectivity index is 1.90. The van der Waals surface area contributed by atoms with Crippen molar-refractivity contribution in [1.82, 2.24) is 4.90 Å². The summed E-state index contributed by atoms with van der Waals surface area (Å²) >= 11 is 1.85. The molecule has 1 unspecified atom stereocenters. The molecule has 25 heavy (non-hydrogen) atoms. The van der Waals surface area contributed by atoms with Gasteiger partial charge in [-0.2, -0.15) is 0 Å². The van der Waals surface area contributed by atoms with Crippen LogP contribution in [0.4, 0.5) is 0 Å². The first kappa shape index (κ1) is 18.0. The topological polar surface area (TPSA) is 49.8 Å². The maximum Gasteiger partial charge on any atom is 0.306 e. The number of likely N-dealkylation sites (tertiary alicyclic amines) is 1. The summed E-state index contributed by atoms with van der Waals surface area (Å²) in [7, 11) is 1.69. The number of carbonyl (C=O) groups is 1. The first-order chi connectivity index (χ1) is 12.1. The van der Waals surface area contributed by atoms with Gasteiger partial charge in [-0.15, -0.1) is 11.3 Å². The molecule has 0 spiro atoms. The van der Waals surface area contributed by atoms with Crippen molar-refractivity contribution in [3.05, 3.63) is 51.7 Å². The van der Waals surface area contributed by atoms with Crippen LogP contribution in [0, 0.1) is 5.92 Å². The van der Waals surface area contributed by atoms with E-state index < -0.39 is 5.97 Å². The third-order valence-electron chi connectivity index (χ3n) is 4.95. The Bertz CT molecular complexity index is 719. The summed E-state index contributed by atoms with van der Waals surface area (Å²) in [6, 6.07) is 12.8. The Morgan fingerprint density at radius 1 is 1.32 bits per heavy atom. The molecule has 1 aliphatic heterocycles. The molecule has 3 rings (SSSR count). The van der Waals surface area contributed by atoms with Crippen molar-refractivity contribution in [3.8, 4) is 5.75 Å². The van der Waals surface area contributed by atoms with Crippen molar-refractivity contribution in [3.63, 3.8) is 0 Å². The second-order valence-corrected chi connectivity index (χ2v) is 7.69. The number of nitrogens with zero attached hydrogens (tertiary/aromatic N) is 1. The molecule has 1 fully saturated rings. The van der Waals surface area contributed by atoms with Crippen LogP contribution in [-0.2, 0) is 11.2 Å². The molecule has 2 aromatic rings. The highest BCUT2D eigenvalue weighted by Gasteiger charge is 2.31. The molecule has 1 aromatic heterocycles. The fourth-order valence-electron chi connectivity index (χ4n) is 3.50. The van der Waals surface area contributed by atoms with Crippen LogP contribution in [-0.4, -0.2) is 36.2 Å². The molecular formula is C20H25NO3S. The quantitative estimate of drug-likeness (QED) is 0.839. The zero-order valence-corrected chi connectivity index (χ0v) is 15.6. The number of hydrogen-bond acceptors (Lipinski definition) is 4. The lowest BCUT2D eigenvalue weighted by molar-refractivity contribution is -0.143. The van der Waals surface area contributed by atoms with Crippen molar-refractivity contribution in [1.29, 1.82) is 0 Å². The number of thiophene rings is 1. The molecule has 1 N–H and O–H groups in total. The van der Waals surface area contributed by atoms with Gasteiger partial charge in [0, 0.05) is 9.75 Å². The second-order valence-electron chi connectivity index (χ2n) is 6.49. The molecule has 0 aliphatic carbocycles. The van der Waals surface area contributed by atoms with Crippen molar-refractivity contribution in [2.24, 2.45) is 5.92 Å². The van der Waals surface area contributed by atoms with Gasteiger partial charge in [-0.1, -0.05) is 19.1 Å². The number of ether oxygens (including phenoxy) is 1. The molecular weight excluding hydrogens is 334 g/mol. The average molecular weight is 359 g/mol. The molecule has 4 nitrogen and oxygen atoms in total. The molecule has 1 aromatic carbocycles. The van der Waals surface area contributed by atoms with Gasteiger partial charge in [-0.3, -0.25) is 9.69 Å². The number of hydrogen-bond donors (Lipinski definition) is 1. The van der Waals surface area contributed by atoms with E-state index in [2.05, 4.69) is 36.1 Å². The zero-order chi connectivity index (χ0) is 17.8. The summed E-state index contributed by atoms with van der Waals surface area (Å²) in [6.45, 7) is 3.78. The standard InChI is InChI=1S/C20H25NO3S/c1-3-17-7-8-18(25-17)19(15-5-4-6-16(13-15)24-2)21-11-9-14(10-12-21)20(22)23/h4-8,13-14,19H,3,9-12H2,1-2H3,(H,22,23). The summed E-state index contributed by atoms with van der Waals surface area (Å²) in [5.74, 6) is -0.0195. The largest absolute Gasteiger partial charge is 0.497 e. The van der Waals surface area contributed by atoms with Crippen LogP contribution in [0.5, 0.6) is 5.75 Å². The monoisotopic (exact) mass is 359 g/mol. The smallest absolute Gasteiger partial charge is 0.306 e. The first-order valence-electron chi connectivity index (χ1n) is 8.81. The summed E-state index contributed by atoms with van der Waals surface area (Å²) in [4.78, 5) is 16.4. The van der Waals surface area contributed by atoms with Crippen LogP contribution in [0.25, 0.3) is 0 Å². The van der Waals surface area contributed by atoms with E-state index in [0.29, 0.717) is 12.8 Å². The number of carboxylic acid groups (broad SMARTS) is 1. The lowest BCUT2D eigenvalue weighted by Crippen LogP contribution is -2.39. The van der Waals surface area contributed by atoms with E-state index in [-0.39, 0.29) is 12.0 Å². The third kappa shape index (κ3) is 4.05. The van der Waals surface area contributed by atoms with Crippen LogP contribution < -0.4 is 4.74 Å². The Labute approximate surface area is 153 Å².